The average Bonchev–Trinajstić information content (AvgIpc) is 3.52. The summed E-state index contributed by atoms with van der Waals surface area (Å²) >= 11 is 1.34. The van der Waals surface area contributed by atoms with Gasteiger partial charge in [-0.15, -0.1) is 11.3 Å². The molecule has 1 aliphatic rings. The number of aryl methyl sites for hydroxylation is 1. The number of aromatic nitrogens is 1. The van der Waals surface area contributed by atoms with E-state index >= 15 is 0 Å². The van der Waals surface area contributed by atoms with Gasteiger partial charge in [0.25, 0.3) is 5.91 Å². The summed E-state index contributed by atoms with van der Waals surface area (Å²) in [7, 11) is 0. The Labute approximate surface area is 188 Å². The maximum atomic E-state index is 12.4. The molecule has 1 fully saturated rings. The lowest BCUT2D eigenvalue weighted by Crippen LogP contribution is -2.27. The maximum Gasteiger partial charge on any atom is 0.311 e. The van der Waals surface area contributed by atoms with Crippen molar-refractivity contribution in [1.82, 2.24) is 9.47 Å². The minimum atomic E-state index is -0.599. The van der Waals surface area contributed by atoms with Crippen LogP contribution in [0.5, 0.6) is 0 Å². The highest BCUT2D eigenvalue weighted by atomic mass is 32.1. The van der Waals surface area contributed by atoms with Gasteiger partial charge in [0, 0.05) is 31.1 Å². The van der Waals surface area contributed by atoms with E-state index in [9.17, 15) is 14.4 Å². The second kappa shape index (κ2) is 9.78. The number of likely N-dealkylation sites (tertiary alicyclic amines) is 1. The van der Waals surface area contributed by atoms with Crippen LogP contribution in [0.25, 0.3) is 0 Å². The van der Waals surface area contributed by atoms with Crippen LogP contribution in [0, 0.1) is 12.8 Å². The zero-order valence-electron chi connectivity index (χ0n) is 17.6. The fourth-order valence-corrected chi connectivity index (χ4v) is 4.21. The summed E-state index contributed by atoms with van der Waals surface area (Å²) in [5, 5.41) is 1.85. The first-order valence-corrected chi connectivity index (χ1v) is 11.1. The number of carbonyl (C=O) groups excluding carboxylic acids is 3. The third-order valence-corrected chi connectivity index (χ3v) is 5.96. The van der Waals surface area contributed by atoms with Crippen molar-refractivity contribution in [3.63, 3.8) is 0 Å². The van der Waals surface area contributed by atoms with Crippen molar-refractivity contribution in [3.05, 3.63) is 75.9 Å². The van der Waals surface area contributed by atoms with Crippen molar-refractivity contribution < 1.29 is 23.5 Å². The molecule has 1 aromatic carbocycles. The maximum absolute atomic E-state index is 12.4. The number of thiazole rings is 1. The summed E-state index contributed by atoms with van der Waals surface area (Å²) in [6, 6.07) is 11.7. The van der Waals surface area contributed by atoms with Crippen molar-refractivity contribution in [2.24, 2.45) is 10.9 Å². The Bertz CT molecular complexity index is 1160. The van der Waals surface area contributed by atoms with Crippen LogP contribution in [0.1, 0.15) is 23.3 Å². The van der Waals surface area contributed by atoms with E-state index in [-0.39, 0.29) is 18.9 Å². The zero-order valence-corrected chi connectivity index (χ0v) is 18.4. The van der Waals surface area contributed by atoms with Gasteiger partial charge < -0.3 is 18.6 Å². The minimum absolute atomic E-state index is 0.0619. The van der Waals surface area contributed by atoms with E-state index in [2.05, 4.69) is 4.99 Å². The molecule has 1 saturated heterocycles. The highest BCUT2D eigenvalue weighted by molar-refractivity contribution is 7.07. The van der Waals surface area contributed by atoms with E-state index in [1.807, 2.05) is 47.3 Å². The van der Waals surface area contributed by atoms with Crippen LogP contribution in [0.4, 0.5) is 0 Å². The number of amides is 2. The quantitative estimate of drug-likeness (QED) is 0.513. The molecular weight excluding hydrogens is 430 g/mol. The van der Waals surface area contributed by atoms with Crippen molar-refractivity contribution >= 4 is 29.1 Å². The lowest BCUT2D eigenvalue weighted by atomic mass is 10.1. The van der Waals surface area contributed by atoms with Gasteiger partial charge in [0.05, 0.1) is 18.7 Å². The summed E-state index contributed by atoms with van der Waals surface area (Å²) in [6.45, 7) is 2.71. The summed E-state index contributed by atoms with van der Waals surface area (Å²) in [5.41, 5.74) is 2.28. The molecule has 0 radical (unpaired) electrons. The Morgan fingerprint density at radius 2 is 2.03 bits per heavy atom. The second-order valence-corrected chi connectivity index (χ2v) is 8.54. The lowest BCUT2D eigenvalue weighted by Gasteiger charge is -2.14. The Kier molecular flexibility index (Phi) is 6.65. The van der Waals surface area contributed by atoms with Crippen LogP contribution >= 0.6 is 11.3 Å². The SMILES string of the molecule is Cc1ccc(Cn2ccsc2=NC(=O)COC(=O)C2CC(=O)N(Cc3ccco3)C2)cc1. The number of nitrogens with zero attached hydrogens (tertiary/aromatic N) is 3. The number of ether oxygens (including phenoxy) is 1. The Hall–Kier alpha value is -3.46. The molecule has 3 heterocycles. The van der Waals surface area contributed by atoms with Gasteiger partial charge in [-0.1, -0.05) is 29.8 Å². The van der Waals surface area contributed by atoms with Gasteiger partial charge in [-0.3, -0.25) is 14.4 Å². The number of hydrogen-bond donors (Lipinski definition) is 0. The van der Waals surface area contributed by atoms with Crippen LogP contribution in [-0.4, -0.2) is 40.4 Å². The van der Waals surface area contributed by atoms with Gasteiger partial charge in [0.1, 0.15) is 5.76 Å². The Balaban J connectivity index is 1.31. The first-order valence-electron chi connectivity index (χ1n) is 10.2. The summed E-state index contributed by atoms with van der Waals surface area (Å²) in [4.78, 5) is 43.0. The molecule has 0 spiro atoms. The van der Waals surface area contributed by atoms with E-state index in [0.29, 0.717) is 23.7 Å². The molecule has 1 aliphatic heterocycles. The molecular formula is C23H23N3O5S. The third kappa shape index (κ3) is 5.42. The van der Waals surface area contributed by atoms with E-state index in [0.717, 1.165) is 5.56 Å². The van der Waals surface area contributed by atoms with Crippen LogP contribution in [0.2, 0.25) is 0 Å². The number of esters is 1. The summed E-state index contributed by atoms with van der Waals surface area (Å²) in [5.74, 6) is -1.21. The molecule has 0 saturated carbocycles. The molecule has 2 aromatic heterocycles. The van der Waals surface area contributed by atoms with Gasteiger partial charge in [-0.25, -0.2) is 0 Å². The smallest absolute Gasteiger partial charge is 0.311 e. The molecule has 1 unspecified atom stereocenters. The van der Waals surface area contributed by atoms with E-state index < -0.39 is 24.4 Å². The van der Waals surface area contributed by atoms with Crippen molar-refractivity contribution in [1.29, 1.82) is 0 Å². The zero-order chi connectivity index (χ0) is 22.5. The molecule has 4 rings (SSSR count). The fourth-order valence-electron chi connectivity index (χ4n) is 3.46. The number of rotatable bonds is 7. The van der Waals surface area contributed by atoms with E-state index in [1.54, 1.807) is 17.0 Å². The van der Waals surface area contributed by atoms with Crippen molar-refractivity contribution in [2.75, 3.05) is 13.2 Å². The first-order chi connectivity index (χ1) is 15.5. The average molecular weight is 454 g/mol. The van der Waals surface area contributed by atoms with Gasteiger partial charge in [0.2, 0.25) is 5.91 Å². The molecule has 3 aromatic rings. The highest BCUT2D eigenvalue weighted by Crippen LogP contribution is 2.21. The summed E-state index contributed by atoms with van der Waals surface area (Å²) in [6.07, 6.45) is 3.46. The minimum Gasteiger partial charge on any atom is -0.467 e. The van der Waals surface area contributed by atoms with Crippen LogP contribution < -0.4 is 4.80 Å². The summed E-state index contributed by atoms with van der Waals surface area (Å²) < 4.78 is 12.3. The second-order valence-electron chi connectivity index (χ2n) is 7.67. The topological polar surface area (TPSA) is 94.1 Å². The number of furan rings is 1. The molecule has 0 bridgehead atoms. The van der Waals surface area contributed by atoms with Crippen molar-refractivity contribution in [2.45, 2.75) is 26.4 Å². The van der Waals surface area contributed by atoms with Crippen LogP contribution in [0.3, 0.4) is 0 Å². The molecule has 0 aliphatic carbocycles. The fraction of sp³-hybridized carbons (Fsp3) is 0.304. The van der Waals surface area contributed by atoms with E-state index in [1.165, 1.54) is 23.2 Å². The van der Waals surface area contributed by atoms with Crippen LogP contribution in [0.15, 0.2) is 63.6 Å². The third-order valence-electron chi connectivity index (χ3n) is 5.17. The van der Waals surface area contributed by atoms with E-state index in [4.69, 9.17) is 9.15 Å². The van der Waals surface area contributed by atoms with Gasteiger partial charge >= 0.3 is 5.97 Å². The van der Waals surface area contributed by atoms with Crippen molar-refractivity contribution in [3.8, 4) is 0 Å². The Morgan fingerprint density at radius 3 is 2.78 bits per heavy atom. The molecule has 9 heteroatoms. The number of hydrogen-bond acceptors (Lipinski definition) is 6. The monoisotopic (exact) mass is 453 g/mol. The Morgan fingerprint density at radius 1 is 1.22 bits per heavy atom. The lowest BCUT2D eigenvalue weighted by molar-refractivity contribution is -0.151. The predicted molar refractivity (Wildman–Crippen MR) is 116 cm³/mol. The predicted octanol–water partition coefficient (Wildman–Crippen LogP) is 2.52. The van der Waals surface area contributed by atoms with Crippen LogP contribution in [-0.2, 0) is 32.2 Å². The number of benzene rings is 1. The first kappa shape index (κ1) is 21.8. The normalized spacial score (nSPS) is 16.5. The standard InChI is InChI=1S/C23H23N3O5S/c1-16-4-6-17(7-5-16)12-25-8-10-32-23(25)24-20(27)15-31-22(29)18-11-21(28)26(13-18)14-19-3-2-9-30-19/h2-10,18H,11-15H2,1H3. The molecule has 166 valence electrons. The van der Waals surface area contributed by atoms with Gasteiger partial charge in [-0.05, 0) is 24.6 Å². The molecule has 0 N–H and O–H groups in total. The molecule has 1 atom stereocenters. The molecule has 8 nitrogen and oxygen atoms in total. The highest BCUT2D eigenvalue weighted by Gasteiger charge is 2.35. The molecule has 2 amide bonds. The molecule has 32 heavy (non-hydrogen) atoms. The van der Waals surface area contributed by atoms with Gasteiger partial charge in [0.15, 0.2) is 11.4 Å². The largest absolute Gasteiger partial charge is 0.467 e. The number of carbonyl (C=O) groups is 3. The van der Waals surface area contributed by atoms with Gasteiger partial charge in [-0.2, -0.15) is 4.99 Å².